The molecule has 2 heterocycles. The predicted octanol–water partition coefficient (Wildman–Crippen LogP) is 4.65. The van der Waals surface area contributed by atoms with Crippen LogP contribution in [0.25, 0.3) is 5.69 Å². The number of thioether (sulfide) groups is 1. The van der Waals surface area contributed by atoms with Crippen LogP contribution in [0.2, 0.25) is 5.02 Å². The lowest BCUT2D eigenvalue weighted by Gasteiger charge is -2.07. The molecule has 2 aromatic heterocycles. The summed E-state index contributed by atoms with van der Waals surface area (Å²) in [5.74, 6) is 0.110. The zero-order valence-corrected chi connectivity index (χ0v) is 16.2. The van der Waals surface area contributed by atoms with Gasteiger partial charge in [0.15, 0.2) is 16.7 Å². The summed E-state index contributed by atoms with van der Waals surface area (Å²) in [7, 11) is 0. The number of aromatic amines is 1. The standard InChI is InChI=1S/C19H18ClN3O2S/c1-11-17(13(3)24)12(2)22-18(11)16(25)10-26-19-21-7-8-23(19)15-6-4-5-14(20)9-15/h4-9,22H,10H2,1-3H3. The van der Waals surface area contributed by atoms with E-state index in [1.807, 2.05) is 29.0 Å². The molecule has 0 aliphatic carbocycles. The summed E-state index contributed by atoms with van der Waals surface area (Å²) >= 11 is 7.40. The zero-order chi connectivity index (χ0) is 18.8. The molecule has 0 fully saturated rings. The lowest BCUT2D eigenvalue weighted by Crippen LogP contribution is -2.07. The Labute approximate surface area is 160 Å². The Hall–Kier alpha value is -2.31. The number of aromatic nitrogens is 3. The van der Waals surface area contributed by atoms with Crippen LogP contribution in [0.1, 0.15) is 39.0 Å². The summed E-state index contributed by atoms with van der Waals surface area (Å²) < 4.78 is 1.89. The number of rotatable bonds is 6. The normalized spacial score (nSPS) is 10.9. The molecule has 5 nitrogen and oxygen atoms in total. The van der Waals surface area contributed by atoms with E-state index in [-0.39, 0.29) is 17.3 Å². The fourth-order valence-corrected chi connectivity index (χ4v) is 4.01. The largest absolute Gasteiger partial charge is 0.355 e. The second kappa shape index (κ2) is 7.51. The Morgan fingerprint density at radius 2 is 2.08 bits per heavy atom. The second-order valence-corrected chi connectivity index (χ2v) is 7.33. The summed E-state index contributed by atoms with van der Waals surface area (Å²) in [4.78, 5) is 31.7. The van der Waals surface area contributed by atoms with Crippen LogP contribution < -0.4 is 0 Å². The number of hydrogen-bond acceptors (Lipinski definition) is 4. The topological polar surface area (TPSA) is 67.8 Å². The minimum Gasteiger partial charge on any atom is -0.355 e. The number of hydrogen-bond donors (Lipinski definition) is 1. The van der Waals surface area contributed by atoms with Crippen molar-refractivity contribution in [2.45, 2.75) is 25.9 Å². The molecule has 134 valence electrons. The fraction of sp³-hybridized carbons (Fsp3) is 0.211. The van der Waals surface area contributed by atoms with Crippen molar-refractivity contribution in [3.05, 3.63) is 64.2 Å². The van der Waals surface area contributed by atoms with E-state index < -0.39 is 0 Å². The number of H-pyrrole nitrogens is 1. The van der Waals surface area contributed by atoms with Gasteiger partial charge in [-0.3, -0.25) is 14.2 Å². The van der Waals surface area contributed by atoms with Gasteiger partial charge in [0.25, 0.3) is 0 Å². The highest BCUT2D eigenvalue weighted by atomic mass is 35.5. The summed E-state index contributed by atoms with van der Waals surface area (Å²) in [5.41, 5.74) is 3.40. The minimum absolute atomic E-state index is 0.0422. The van der Waals surface area contributed by atoms with Gasteiger partial charge in [0, 0.05) is 34.4 Å². The third-order valence-corrected chi connectivity index (χ3v) is 5.30. The highest BCUT2D eigenvalue weighted by Crippen LogP contribution is 2.25. The van der Waals surface area contributed by atoms with Crippen LogP contribution in [0.5, 0.6) is 0 Å². The average molecular weight is 388 g/mol. The molecule has 0 bridgehead atoms. The number of nitrogens with one attached hydrogen (secondary N) is 1. The molecule has 3 rings (SSSR count). The van der Waals surface area contributed by atoms with E-state index in [1.54, 1.807) is 26.1 Å². The number of nitrogens with zero attached hydrogens (tertiary/aromatic N) is 2. The lowest BCUT2D eigenvalue weighted by molar-refractivity contribution is 0.101. The Morgan fingerprint density at radius 3 is 2.73 bits per heavy atom. The minimum atomic E-state index is -0.0660. The third-order valence-electron chi connectivity index (χ3n) is 4.09. The molecule has 0 aliphatic heterocycles. The van der Waals surface area contributed by atoms with Crippen molar-refractivity contribution in [1.82, 2.24) is 14.5 Å². The first kappa shape index (κ1) is 18.5. The highest BCUT2D eigenvalue weighted by Gasteiger charge is 2.20. The number of carbonyl (C=O) groups is 2. The molecule has 0 atom stereocenters. The second-order valence-electron chi connectivity index (χ2n) is 5.95. The molecule has 26 heavy (non-hydrogen) atoms. The quantitative estimate of drug-likeness (QED) is 0.494. The van der Waals surface area contributed by atoms with Gasteiger partial charge in [0.1, 0.15) is 0 Å². The molecule has 0 saturated heterocycles. The lowest BCUT2D eigenvalue weighted by atomic mass is 10.1. The molecule has 0 amide bonds. The molecule has 3 aromatic rings. The molecule has 0 saturated carbocycles. The van der Waals surface area contributed by atoms with Crippen LogP contribution >= 0.6 is 23.4 Å². The maximum Gasteiger partial charge on any atom is 0.189 e. The summed E-state index contributed by atoms with van der Waals surface area (Å²) in [5, 5.41) is 1.34. The van der Waals surface area contributed by atoms with Crippen molar-refractivity contribution in [2.75, 3.05) is 5.75 Å². The fourth-order valence-electron chi connectivity index (χ4n) is 2.98. The van der Waals surface area contributed by atoms with Gasteiger partial charge in [-0.15, -0.1) is 0 Å². The van der Waals surface area contributed by atoms with Crippen molar-refractivity contribution in [2.24, 2.45) is 0 Å². The van der Waals surface area contributed by atoms with Crippen molar-refractivity contribution in [3.63, 3.8) is 0 Å². The van der Waals surface area contributed by atoms with Crippen LogP contribution in [-0.4, -0.2) is 31.9 Å². The van der Waals surface area contributed by atoms with Gasteiger partial charge in [-0.25, -0.2) is 4.98 Å². The maximum atomic E-state index is 12.6. The smallest absolute Gasteiger partial charge is 0.189 e. The Kier molecular flexibility index (Phi) is 5.34. The van der Waals surface area contributed by atoms with Gasteiger partial charge in [-0.05, 0) is 44.5 Å². The van der Waals surface area contributed by atoms with E-state index in [1.165, 1.54) is 18.7 Å². The van der Waals surface area contributed by atoms with Crippen LogP contribution in [0.15, 0.2) is 41.8 Å². The number of halogens is 1. The summed E-state index contributed by atoms with van der Waals surface area (Å²) in [6, 6.07) is 7.44. The van der Waals surface area contributed by atoms with Gasteiger partial charge in [0.05, 0.1) is 11.4 Å². The van der Waals surface area contributed by atoms with E-state index in [0.717, 1.165) is 11.4 Å². The molecule has 1 aromatic carbocycles. The summed E-state index contributed by atoms with van der Waals surface area (Å²) in [6.07, 6.45) is 3.52. The van der Waals surface area contributed by atoms with E-state index in [2.05, 4.69) is 9.97 Å². The Morgan fingerprint density at radius 1 is 1.31 bits per heavy atom. The number of benzene rings is 1. The number of imidazole rings is 1. The monoisotopic (exact) mass is 387 g/mol. The molecule has 0 aliphatic rings. The summed E-state index contributed by atoms with van der Waals surface area (Å²) in [6.45, 7) is 5.11. The van der Waals surface area contributed by atoms with E-state index in [9.17, 15) is 9.59 Å². The molecule has 0 spiro atoms. The van der Waals surface area contributed by atoms with Gasteiger partial charge in [-0.1, -0.05) is 29.4 Å². The molecular weight excluding hydrogens is 370 g/mol. The van der Waals surface area contributed by atoms with Crippen molar-refractivity contribution >= 4 is 34.9 Å². The molecule has 7 heteroatoms. The number of aryl methyl sites for hydroxylation is 1. The maximum absolute atomic E-state index is 12.6. The zero-order valence-electron chi connectivity index (χ0n) is 14.7. The van der Waals surface area contributed by atoms with Gasteiger partial charge in [0.2, 0.25) is 0 Å². The first-order valence-electron chi connectivity index (χ1n) is 8.04. The third kappa shape index (κ3) is 3.61. The van der Waals surface area contributed by atoms with Crippen molar-refractivity contribution in [1.29, 1.82) is 0 Å². The predicted molar refractivity (Wildman–Crippen MR) is 104 cm³/mol. The van der Waals surface area contributed by atoms with Crippen LogP contribution in [0.3, 0.4) is 0 Å². The van der Waals surface area contributed by atoms with Crippen molar-refractivity contribution < 1.29 is 9.59 Å². The molecule has 0 radical (unpaired) electrons. The van der Waals surface area contributed by atoms with Gasteiger partial charge >= 0.3 is 0 Å². The van der Waals surface area contributed by atoms with Crippen LogP contribution in [0.4, 0.5) is 0 Å². The molecule has 1 N–H and O–H groups in total. The van der Waals surface area contributed by atoms with Gasteiger partial charge in [-0.2, -0.15) is 0 Å². The molecular formula is C19H18ClN3O2S. The molecule has 0 unspecified atom stereocenters. The van der Waals surface area contributed by atoms with E-state index in [4.69, 9.17) is 11.6 Å². The number of ketones is 2. The first-order valence-corrected chi connectivity index (χ1v) is 9.40. The van der Waals surface area contributed by atoms with Crippen LogP contribution in [0, 0.1) is 13.8 Å². The van der Waals surface area contributed by atoms with Crippen LogP contribution in [-0.2, 0) is 0 Å². The average Bonchev–Trinajstić information content (AvgIpc) is 3.16. The van der Waals surface area contributed by atoms with E-state index in [0.29, 0.717) is 27.0 Å². The SMILES string of the molecule is CC(=O)c1c(C)[nH]c(C(=O)CSc2nccn2-c2cccc(Cl)c2)c1C. The number of Topliss-reactive ketones (excluding diaryl/α,β-unsaturated/α-hetero) is 2. The van der Waals surface area contributed by atoms with Crippen molar-refractivity contribution in [3.8, 4) is 5.69 Å². The van der Waals surface area contributed by atoms with Gasteiger partial charge < -0.3 is 4.98 Å². The Balaban J connectivity index is 1.79. The van der Waals surface area contributed by atoms with E-state index >= 15 is 0 Å². The first-order chi connectivity index (χ1) is 12.4. The highest BCUT2D eigenvalue weighted by molar-refractivity contribution is 7.99. The Bertz CT molecular complexity index is 991. The number of carbonyl (C=O) groups excluding carboxylic acids is 2.